The maximum atomic E-state index is 13.3. The predicted molar refractivity (Wildman–Crippen MR) is 124 cm³/mol. The minimum absolute atomic E-state index is 0.159. The number of hydrogen-bond acceptors (Lipinski definition) is 5. The molecule has 0 radical (unpaired) electrons. The Hall–Kier alpha value is -3.24. The van der Waals surface area contributed by atoms with Gasteiger partial charge in [0, 0.05) is 17.6 Å². The molecular formula is C22H19FN4O3S2. The third-order valence-corrected chi connectivity index (χ3v) is 8.33. The van der Waals surface area contributed by atoms with Crippen LogP contribution in [0.15, 0.2) is 54.6 Å². The van der Waals surface area contributed by atoms with Crippen LogP contribution in [0.25, 0.3) is 15.9 Å². The molecule has 7 nitrogen and oxygen atoms in total. The van der Waals surface area contributed by atoms with Gasteiger partial charge in [-0.15, -0.1) is 11.3 Å². The van der Waals surface area contributed by atoms with Gasteiger partial charge in [0.05, 0.1) is 27.7 Å². The number of hydrogen-bond donors (Lipinski definition) is 1. The van der Waals surface area contributed by atoms with Crippen LogP contribution in [-0.4, -0.2) is 36.4 Å². The Morgan fingerprint density at radius 3 is 2.44 bits per heavy atom. The second-order valence-corrected chi connectivity index (χ2v) is 10.6. The van der Waals surface area contributed by atoms with E-state index in [1.807, 2.05) is 6.92 Å². The van der Waals surface area contributed by atoms with Gasteiger partial charge in [0.25, 0.3) is 5.91 Å². The molecule has 0 spiro atoms. The van der Waals surface area contributed by atoms with E-state index in [0.717, 1.165) is 15.9 Å². The van der Waals surface area contributed by atoms with Crippen molar-refractivity contribution in [1.82, 2.24) is 9.78 Å². The number of halogens is 1. The van der Waals surface area contributed by atoms with Crippen molar-refractivity contribution in [2.45, 2.75) is 13.3 Å². The van der Waals surface area contributed by atoms with Crippen molar-refractivity contribution in [2.75, 3.05) is 21.9 Å². The Kier molecular flexibility index (Phi) is 4.98. The van der Waals surface area contributed by atoms with E-state index in [1.54, 1.807) is 47.1 Å². The van der Waals surface area contributed by atoms with Crippen LogP contribution in [0.5, 0.6) is 0 Å². The predicted octanol–water partition coefficient (Wildman–Crippen LogP) is 4.33. The van der Waals surface area contributed by atoms with Crippen molar-refractivity contribution in [3.63, 3.8) is 0 Å². The lowest BCUT2D eigenvalue weighted by Gasteiger charge is -2.17. The van der Waals surface area contributed by atoms with E-state index < -0.39 is 10.0 Å². The van der Waals surface area contributed by atoms with Gasteiger partial charge >= 0.3 is 0 Å². The molecule has 1 aliphatic heterocycles. The van der Waals surface area contributed by atoms with Crippen LogP contribution < -0.4 is 9.62 Å². The molecule has 164 valence electrons. The van der Waals surface area contributed by atoms with Gasteiger partial charge in [-0.25, -0.2) is 17.5 Å². The molecule has 1 aliphatic rings. The lowest BCUT2D eigenvalue weighted by molar-refractivity contribution is 0.103. The first kappa shape index (κ1) is 20.7. The van der Waals surface area contributed by atoms with Crippen LogP contribution in [0, 0.1) is 12.7 Å². The molecule has 1 fully saturated rings. The largest absolute Gasteiger partial charge is 0.321 e. The van der Waals surface area contributed by atoms with E-state index in [2.05, 4.69) is 10.4 Å². The van der Waals surface area contributed by atoms with Crippen molar-refractivity contribution in [2.24, 2.45) is 0 Å². The monoisotopic (exact) mass is 470 g/mol. The number of aromatic nitrogens is 2. The van der Waals surface area contributed by atoms with Crippen molar-refractivity contribution < 1.29 is 17.6 Å². The summed E-state index contributed by atoms with van der Waals surface area (Å²) in [5.74, 6) is -0.432. The molecule has 1 N–H and O–H groups in total. The maximum absolute atomic E-state index is 13.3. The van der Waals surface area contributed by atoms with Gasteiger partial charge in [-0.3, -0.25) is 9.10 Å². The highest BCUT2D eigenvalue weighted by molar-refractivity contribution is 7.93. The number of nitrogens with zero attached hydrogens (tertiary/aromatic N) is 3. The van der Waals surface area contributed by atoms with Crippen LogP contribution in [0.3, 0.4) is 0 Å². The molecule has 0 saturated carbocycles. The van der Waals surface area contributed by atoms with E-state index in [4.69, 9.17) is 0 Å². The van der Waals surface area contributed by atoms with Crippen LogP contribution in [-0.2, 0) is 10.0 Å². The molecule has 2 aromatic heterocycles. The van der Waals surface area contributed by atoms with Crippen LogP contribution >= 0.6 is 11.3 Å². The number of carbonyl (C=O) groups excluding carboxylic acids is 1. The Morgan fingerprint density at radius 2 is 1.78 bits per heavy atom. The number of fused-ring (bicyclic) bond motifs is 1. The lowest BCUT2D eigenvalue weighted by Crippen LogP contribution is -2.24. The molecule has 2 aromatic carbocycles. The normalized spacial score (nSPS) is 15.4. The molecule has 0 bridgehead atoms. The van der Waals surface area contributed by atoms with E-state index in [-0.39, 0.29) is 17.5 Å². The topological polar surface area (TPSA) is 84.3 Å². The molecule has 5 rings (SSSR count). The number of nitrogens with one attached hydrogen (secondary N) is 1. The third-order valence-electron chi connectivity index (χ3n) is 5.35. The minimum atomic E-state index is -3.24. The molecular weight excluding hydrogens is 451 g/mol. The number of anilines is 2. The average molecular weight is 471 g/mol. The summed E-state index contributed by atoms with van der Waals surface area (Å²) >= 11 is 1.30. The second-order valence-electron chi connectivity index (χ2n) is 7.55. The standard InChI is InChI=1S/C22H19FN4O3S2/c1-14-19-13-20(31-22(19)27(25-14)18-7-3-15(23)4-8-18)21(28)24-16-5-9-17(10-6-16)26-11-2-12-32(26,29)30/h3-10,13H,2,11-12H2,1H3,(H,24,28). The lowest BCUT2D eigenvalue weighted by atomic mass is 10.2. The van der Waals surface area contributed by atoms with Crippen LogP contribution in [0.2, 0.25) is 0 Å². The Balaban J connectivity index is 1.38. The zero-order valence-electron chi connectivity index (χ0n) is 17.1. The highest BCUT2D eigenvalue weighted by Crippen LogP contribution is 2.31. The smallest absolute Gasteiger partial charge is 0.265 e. The first-order valence-electron chi connectivity index (χ1n) is 9.99. The first-order chi connectivity index (χ1) is 15.3. The molecule has 3 heterocycles. The molecule has 0 unspecified atom stereocenters. The highest BCUT2D eigenvalue weighted by atomic mass is 32.2. The molecule has 1 amide bonds. The van der Waals surface area contributed by atoms with Crippen molar-refractivity contribution in [3.05, 3.63) is 71.0 Å². The average Bonchev–Trinajstić information content (AvgIpc) is 3.44. The van der Waals surface area contributed by atoms with E-state index >= 15 is 0 Å². The molecule has 1 saturated heterocycles. The Morgan fingerprint density at radius 1 is 1.09 bits per heavy atom. The number of sulfonamides is 1. The number of amides is 1. The summed E-state index contributed by atoms with van der Waals surface area (Å²) in [4.78, 5) is 14.2. The number of thiophene rings is 1. The summed E-state index contributed by atoms with van der Waals surface area (Å²) in [7, 11) is -3.24. The SMILES string of the molecule is Cc1nn(-c2ccc(F)cc2)c2sc(C(=O)Nc3ccc(N4CCCS4(=O)=O)cc3)cc12. The number of rotatable bonds is 4. The van der Waals surface area contributed by atoms with Gasteiger partial charge < -0.3 is 5.32 Å². The molecule has 32 heavy (non-hydrogen) atoms. The summed E-state index contributed by atoms with van der Waals surface area (Å²) in [6.45, 7) is 2.34. The van der Waals surface area contributed by atoms with Crippen molar-refractivity contribution in [1.29, 1.82) is 0 Å². The van der Waals surface area contributed by atoms with E-state index in [0.29, 0.717) is 34.9 Å². The molecule has 0 atom stereocenters. The molecule has 0 aliphatic carbocycles. The van der Waals surface area contributed by atoms with E-state index in [9.17, 15) is 17.6 Å². The zero-order chi connectivity index (χ0) is 22.5. The fourth-order valence-corrected chi connectivity index (χ4v) is 6.39. The summed E-state index contributed by atoms with van der Waals surface area (Å²) in [6, 6.07) is 14.6. The Labute approximate surface area is 188 Å². The summed E-state index contributed by atoms with van der Waals surface area (Å²) in [5, 5.41) is 8.23. The van der Waals surface area contributed by atoms with Gasteiger partial charge in [0.2, 0.25) is 10.0 Å². The van der Waals surface area contributed by atoms with Gasteiger partial charge in [-0.2, -0.15) is 5.10 Å². The number of benzene rings is 2. The quantitative estimate of drug-likeness (QED) is 0.481. The molecule has 10 heteroatoms. The van der Waals surface area contributed by atoms with Crippen LogP contribution in [0.4, 0.5) is 15.8 Å². The van der Waals surface area contributed by atoms with Gasteiger partial charge in [0.15, 0.2) is 0 Å². The zero-order valence-corrected chi connectivity index (χ0v) is 18.7. The fourth-order valence-electron chi connectivity index (χ4n) is 3.75. The summed E-state index contributed by atoms with van der Waals surface area (Å²) < 4.78 is 40.5. The van der Waals surface area contributed by atoms with Crippen molar-refractivity contribution >= 4 is 48.9 Å². The maximum Gasteiger partial charge on any atom is 0.265 e. The molecule has 4 aromatic rings. The highest BCUT2D eigenvalue weighted by Gasteiger charge is 2.28. The second kappa shape index (κ2) is 7.72. The van der Waals surface area contributed by atoms with Gasteiger partial charge in [0.1, 0.15) is 10.6 Å². The number of aryl methyl sites for hydroxylation is 1. The van der Waals surface area contributed by atoms with Crippen LogP contribution in [0.1, 0.15) is 21.8 Å². The summed E-state index contributed by atoms with van der Waals surface area (Å²) in [6.07, 6.45) is 0.613. The Bertz CT molecular complexity index is 1420. The summed E-state index contributed by atoms with van der Waals surface area (Å²) in [5.41, 5.74) is 2.66. The van der Waals surface area contributed by atoms with Gasteiger partial charge in [-0.05, 0) is 67.9 Å². The fraction of sp³-hybridized carbons (Fsp3) is 0.182. The third kappa shape index (κ3) is 3.65. The van der Waals surface area contributed by atoms with Gasteiger partial charge in [-0.1, -0.05) is 0 Å². The first-order valence-corrected chi connectivity index (χ1v) is 12.4. The van der Waals surface area contributed by atoms with E-state index in [1.165, 1.54) is 27.8 Å². The number of carbonyl (C=O) groups is 1. The minimum Gasteiger partial charge on any atom is -0.321 e. The van der Waals surface area contributed by atoms with Crippen molar-refractivity contribution in [3.8, 4) is 5.69 Å².